The molecule has 1 aromatic heterocycles. The fraction of sp³-hybridized carbons (Fsp3) is 0.158. The van der Waals surface area contributed by atoms with Crippen molar-refractivity contribution >= 4 is 23.1 Å². The average Bonchev–Trinajstić information content (AvgIpc) is 2.84. The molecule has 0 radical (unpaired) electrons. The molecule has 0 saturated carbocycles. The maximum atomic E-state index is 2.38. The Balaban J connectivity index is 2.07. The SMILES string of the molecule is CC(C)n1c(/C=C/c2ccccc2)cc2ccccc21. The topological polar surface area (TPSA) is 4.93 Å². The minimum Gasteiger partial charge on any atom is -0.338 e. The Bertz CT molecular complexity index is 733. The third-order valence-corrected chi connectivity index (χ3v) is 3.54. The van der Waals surface area contributed by atoms with E-state index in [4.69, 9.17) is 0 Å². The lowest BCUT2D eigenvalue weighted by atomic mass is 10.2. The van der Waals surface area contributed by atoms with Crippen LogP contribution in [0.4, 0.5) is 0 Å². The zero-order valence-electron chi connectivity index (χ0n) is 12.0. The third-order valence-electron chi connectivity index (χ3n) is 3.54. The summed E-state index contributed by atoms with van der Waals surface area (Å²) in [6, 6.07) is 21.7. The molecule has 1 nitrogen and oxygen atoms in total. The molecule has 1 heteroatoms. The summed E-state index contributed by atoms with van der Waals surface area (Å²) in [5.41, 5.74) is 3.79. The molecule has 0 saturated heterocycles. The minimum atomic E-state index is 0.449. The number of benzene rings is 2. The summed E-state index contributed by atoms with van der Waals surface area (Å²) in [6.07, 6.45) is 4.38. The van der Waals surface area contributed by atoms with E-state index in [0.717, 1.165) is 0 Å². The van der Waals surface area contributed by atoms with Crippen molar-refractivity contribution in [3.8, 4) is 0 Å². The molecule has 0 unspecified atom stereocenters. The molecule has 0 amide bonds. The summed E-state index contributed by atoms with van der Waals surface area (Å²) in [5.74, 6) is 0. The van der Waals surface area contributed by atoms with E-state index in [-0.39, 0.29) is 0 Å². The summed E-state index contributed by atoms with van der Waals surface area (Å²) in [5, 5.41) is 1.30. The van der Waals surface area contributed by atoms with Gasteiger partial charge >= 0.3 is 0 Å². The molecule has 100 valence electrons. The van der Waals surface area contributed by atoms with Crippen LogP contribution in [0.15, 0.2) is 60.7 Å². The highest BCUT2D eigenvalue weighted by atomic mass is 15.0. The lowest BCUT2D eigenvalue weighted by Crippen LogP contribution is -2.01. The first-order chi connectivity index (χ1) is 9.75. The van der Waals surface area contributed by atoms with Crippen LogP contribution in [0.5, 0.6) is 0 Å². The highest BCUT2D eigenvalue weighted by Crippen LogP contribution is 2.25. The van der Waals surface area contributed by atoms with Crippen LogP contribution in [-0.2, 0) is 0 Å². The van der Waals surface area contributed by atoms with Gasteiger partial charge in [0.25, 0.3) is 0 Å². The van der Waals surface area contributed by atoms with Crippen molar-refractivity contribution in [1.29, 1.82) is 0 Å². The Morgan fingerprint density at radius 2 is 1.55 bits per heavy atom. The van der Waals surface area contributed by atoms with Gasteiger partial charge in [-0.2, -0.15) is 0 Å². The summed E-state index contributed by atoms with van der Waals surface area (Å²) in [7, 11) is 0. The van der Waals surface area contributed by atoms with E-state index < -0.39 is 0 Å². The van der Waals surface area contributed by atoms with Crippen LogP contribution in [0.1, 0.15) is 31.1 Å². The first-order valence-corrected chi connectivity index (χ1v) is 7.09. The zero-order valence-corrected chi connectivity index (χ0v) is 12.0. The molecule has 0 aliphatic carbocycles. The number of hydrogen-bond acceptors (Lipinski definition) is 0. The fourth-order valence-corrected chi connectivity index (χ4v) is 2.65. The Hall–Kier alpha value is -2.28. The van der Waals surface area contributed by atoms with E-state index in [2.05, 4.69) is 85.2 Å². The number of fused-ring (bicyclic) bond motifs is 1. The second-order valence-electron chi connectivity index (χ2n) is 5.34. The van der Waals surface area contributed by atoms with Gasteiger partial charge in [-0.05, 0) is 37.6 Å². The van der Waals surface area contributed by atoms with E-state index >= 15 is 0 Å². The van der Waals surface area contributed by atoms with Crippen molar-refractivity contribution in [3.05, 3.63) is 71.9 Å². The smallest absolute Gasteiger partial charge is 0.0487 e. The molecular weight excluding hydrogens is 242 g/mol. The molecular formula is C19H19N. The van der Waals surface area contributed by atoms with Gasteiger partial charge in [0, 0.05) is 22.6 Å². The molecule has 0 spiro atoms. The van der Waals surface area contributed by atoms with Crippen LogP contribution in [0, 0.1) is 0 Å². The second-order valence-corrected chi connectivity index (χ2v) is 5.34. The van der Waals surface area contributed by atoms with E-state index in [1.807, 2.05) is 6.07 Å². The van der Waals surface area contributed by atoms with Crippen molar-refractivity contribution in [2.45, 2.75) is 19.9 Å². The van der Waals surface area contributed by atoms with Gasteiger partial charge in [0.2, 0.25) is 0 Å². The normalized spacial score (nSPS) is 11.8. The molecule has 0 atom stereocenters. The van der Waals surface area contributed by atoms with Crippen LogP contribution in [0.25, 0.3) is 23.1 Å². The van der Waals surface area contributed by atoms with Gasteiger partial charge in [-0.1, -0.05) is 54.6 Å². The lowest BCUT2D eigenvalue weighted by molar-refractivity contribution is 0.618. The Morgan fingerprint density at radius 3 is 2.30 bits per heavy atom. The number of aromatic nitrogens is 1. The summed E-state index contributed by atoms with van der Waals surface area (Å²) < 4.78 is 2.38. The highest BCUT2D eigenvalue weighted by Gasteiger charge is 2.08. The van der Waals surface area contributed by atoms with E-state index in [1.165, 1.54) is 22.2 Å². The van der Waals surface area contributed by atoms with Gasteiger partial charge in [-0.25, -0.2) is 0 Å². The van der Waals surface area contributed by atoms with Gasteiger partial charge in [-0.3, -0.25) is 0 Å². The largest absolute Gasteiger partial charge is 0.338 e. The first-order valence-electron chi connectivity index (χ1n) is 7.09. The number of rotatable bonds is 3. The van der Waals surface area contributed by atoms with Crippen molar-refractivity contribution < 1.29 is 0 Å². The zero-order chi connectivity index (χ0) is 13.9. The van der Waals surface area contributed by atoms with Gasteiger partial charge < -0.3 is 4.57 Å². The molecule has 3 rings (SSSR count). The quantitative estimate of drug-likeness (QED) is 0.595. The van der Waals surface area contributed by atoms with Gasteiger partial charge in [0.05, 0.1) is 0 Å². The lowest BCUT2D eigenvalue weighted by Gasteiger charge is -2.12. The molecule has 0 bridgehead atoms. The minimum absolute atomic E-state index is 0.449. The van der Waals surface area contributed by atoms with Crippen LogP contribution >= 0.6 is 0 Å². The standard InChI is InChI=1S/C19H19N/c1-15(2)20-18(13-12-16-8-4-3-5-9-16)14-17-10-6-7-11-19(17)20/h3-15H,1-2H3/b13-12+. The van der Waals surface area contributed by atoms with Crippen molar-refractivity contribution in [3.63, 3.8) is 0 Å². The molecule has 1 heterocycles. The van der Waals surface area contributed by atoms with E-state index in [0.29, 0.717) is 6.04 Å². The van der Waals surface area contributed by atoms with Gasteiger partial charge in [0.1, 0.15) is 0 Å². The molecule has 0 aliphatic heterocycles. The summed E-state index contributed by atoms with van der Waals surface area (Å²) in [6.45, 7) is 4.46. The third kappa shape index (κ3) is 2.39. The molecule has 3 aromatic rings. The molecule has 20 heavy (non-hydrogen) atoms. The summed E-state index contributed by atoms with van der Waals surface area (Å²) >= 11 is 0. The number of nitrogens with zero attached hydrogens (tertiary/aromatic N) is 1. The maximum Gasteiger partial charge on any atom is 0.0487 e. The fourth-order valence-electron chi connectivity index (χ4n) is 2.65. The number of para-hydroxylation sites is 1. The molecule has 0 aliphatic rings. The van der Waals surface area contributed by atoms with Crippen molar-refractivity contribution in [2.24, 2.45) is 0 Å². The van der Waals surface area contributed by atoms with Gasteiger partial charge in [0.15, 0.2) is 0 Å². The monoisotopic (exact) mass is 261 g/mol. The van der Waals surface area contributed by atoms with Crippen molar-refractivity contribution in [1.82, 2.24) is 4.57 Å². The van der Waals surface area contributed by atoms with E-state index in [1.54, 1.807) is 0 Å². The first kappa shape index (κ1) is 12.7. The highest BCUT2D eigenvalue weighted by molar-refractivity contribution is 5.85. The van der Waals surface area contributed by atoms with Crippen LogP contribution in [0.2, 0.25) is 0 Å². The Morgan fingerprint density at radius 1 is 0.850 bits per heavy atom. The Kier molecular flexibility index (Phi) is 3.42. The van der Waals surface area contributed by atoms with E-state index in [9.17, 15) is 0 Å². The Labute approximate surface area is 120 Å². The van der Waals surface area contributed by atoms with Crippen LogP contribution in [-0.4, -0.2) is 4.57 Å². The summed E-state index contributed by atoms with van der Waals surface area (Å²) in [4.78, 5) is 0. The predicted octanol–water partition coefficient (Wildman–Crippen LogP) is 5.39. The molecule has 0 fully saturated rings. The predicted molar refractivity (Wildman–Crippen MR) is 87.7 cm³/mol. The molecule has 2 aromatic carbocycles. The van der Waals surface area contributed by atoms with Crippen LogP contribution < -0.4 is 0 Å². The number of hydrogen-bond donors (Lipinski definition) is 0. The second kappa shape index (κ2) is 5.38. The maximum absolute atomic E-state index is 2.38. The van der Waals surface area contributed by atoms with Crippen molar-refractivity contribution in [2.75, 3.05) is 0 Å². The average molecular weight is 261 g/mol. The van der Waals surface area contributed by atoms with Gasteiger partial charge in [-0.15, -0.1) is 0 Å². The van der Waals surface area contributed by atoms with Crippen LogP contribution in [0.3, 0.4) is 0 Å². The molecule has 0 N–H and O–H groups in total.